The number of carbonyl (C=O) groups is 2. The number of carbonyl (C=O) groups excluding carboxylic acids is 2. The fourth-order valence-electron chi connectivity index (χ4n) is 2.91. The van der Waals surface area contributed by atoms with E-state index < -0.39 is 0 Å². The molecule has 134 valence electrons. The van der Waals surface area contributed by atoms with Gasteiger partial charge in [-0.2, -0.15) is 5.26 Å². The van der Waals surface area contributed by atoms with Crippen molar-refractivity contribution in [3.8, 4) is 6.07 Å². The van der Waals surface area contributed by atoms with Gasteiger partial charge in [0.05, 0.1) is 29.2 Å². The van der Waals surface area contributed by atoms with E-state index in [-0.39, 0.29) is 23.8 Å². The predicted molar refractivity (Wildman–Crippen MR) is 95.2 cm³/mol. The maximum Gasteiger partial charge on any atom is 0.310 e. The molecule has 0 spiro atoms. The summed E-state index contributed by atoms with van der Waals surface area (Å²) in [6.07, 6.45) is 1.64. The van der Waals surface area contributed by atoms with Gasteiger partial charge in [0.25, 0.3) is 0 Å². The summed E-state index contributed by atoms with van der Waals surface area (Å²) in [4.78, 5) is 26.4. The number of nitrogens with zero attached hydrogens (tertiary/aromatic N) is 2. The lowest BCUT2D eigenvalue weighted by Crippen LogP contribution is -2.48. The Morgan fingerprint density at radius 1 is 1.52 bits per heavy atom. The van der Waals surface area contributed by atoms with Crippen LogP contribution in [0.3, 0.4) is 0 Å². The normalized spacial score (nSPS) is 18.9. The lowest BCUT2D eigenvalue weighted by Gasteiger charge is -2.35. The Morgan fingerprint density at radius 3 is 2.92 bits per heavy atom. The number of anilines is 1. The third-order valence-corrected chi connectivity index (χ3v) is 4.67. The number of likely N-dealkylation sites (tertiary alicyclic amines) is 1. The zero-order valence-corrected chi connectivity index (χ0v) is 15.2. The fraction of sp³-hybridized carbons (Fsp3) is 0.500. The van der Waals surface area contributed by atoms with Gasteiger partial charge in [-0.1, -0.05) is 11.6 Å². The lowest BCUT2D eigenvalue weighted by molar-refractivity contribution is -0.150. The average molecular weight is 364 g/mol. The summed E-state index contributed by atoms with van der Waals surface area (Å²) in [5.41, 5.74) is 0.904. The number of nitrogens with one attached hydrogen (secondary N) is 1. The molecule has 0 radical (unpaired) electrons. The molecule has 1 aromatic rings. The van der Waals surface area contributed by atoms with Crippen LogP contribution in [0.1, 0.15) is 32.3 Å². The predicted octanol–water partition coefficient (Wildman–Crippen LogP) is 2.81. The van der Waals surface area contributed by atoms with E-state index >= 15 is 0 Å². The number of halogens is 1. The van der Waals surface area contributed by atoms with Crippen molar-refractivity contribution in [2.24, 2.45) is 5.92 Å². The Hall–Kier alpha value is -2.10. The highest BCUT2D eigenvalue weighted by Gasteiger charge is 2.31. The molecule has 1 fully saturated rings. The van der Waals surface area contributed by atoms with Gasteiger partial charge in [0.2, 0.25) is 5.91 Å². The summed E-state index contributed by atoms with van der Waals surface area (Å²) >= 11 is 5.99. The van der Waals surface area contributed by atoms with Gasteiger partial charge >= 0.3 is 5.97 Å². The van der Waals surface area contributed by atoms with Crippen LogP contribution in [0.25, 0.3) is 0 Å². The van der Waals surface area contributed by atoms with E-state index in [1.54, 1.807) is 25.1 Å². The van der Waals surface area contributed by atoms with E-state index in [1.165, 1.54) is 0 Å². The minimum atomic E-state index is -0.383. The van der Waals surface area contributed by atoms with Crippen LogP contribution in [0.2, 0.25) is 5.02 Å². The van der Waals surface area contributed by atoms with Crippen LogP contribution in [-0.2, 0) is 14.3 Å². The molecule has 2 unspecified atom stereocenters. The van der Waals surface area contributed by atoms with Crippen molar-refractivity contribution in [3.63, 3.8) is 0 Å². The van der Waals surface area contributed by atoms with E-state index in [0.717, 1.165) is 19.4 Å². The van der Waals surface area contributed by atoms with Crippen LogP contribution in [0.4, 0.5) is 5.69 Å². The molecule has 6 nitrogen and oxygen atoms in total. The zero-order valence-electron chi connectivity index (χ0n) is 14.4. The number of esters is 1. The number of piperidine rings is 1. The third-order valence-electron chi connectivity index (χ3n) is 4.36. The van der Waals surface area contributed by atoms with Crippen molar-refractivity contribution in [3.05, 3.63) is 28.8 Å². The Bertz CT molecular complexity index is 687. The topological polar surface area (TPSA) is 82.4 Å². The monoisotopic (exact) mass is 363 g/mol. The summed E-state index contributed by atoms with van der Waals surface area (Å²) in [6.45, 7) is 5.25. The first kappa shape index (κ1) is 19.2. The molecule has 1 aromatic carbocycles. The molecule has 0 bridgehead atoms. The van der Waals surface area contributed by atoms with Crippen molar-refractivity contribution in [2.75, 3.05) is 25.0 Å². The average Bonchev–Trinajstić information content (AvgIpc) is 2.61. The molecule has 7 heteroatoms. The van der Waals surface area contributed by atoms with Crippen LogP contribution in [0.5, 0.6) is 0 Å². The molecular formula is C18H22ClN3O3. The van der Waals surface area contributed by atoms with Crippen LogP contribution in [0.15, 0.2) is 18.2 Å². The Morgan fingerprint density at radius 2 is 2.28 bits per heavy atom. The molecule has 2 atom stereocenters. The smallest absolute Gasteiger partial charge is 0.310 e. The summed E-state index contributed by atoms with van der Waals surface area (Å²) in [5, 5.41) is 12.0. The maximum atomic E-state index is 12.5. The number of amides is 1. The van der Waals surface area contributed by atoms with Crippen molar-refractivity contribution in [2.45, 2.75) is 32.7 Å². The van der Waals surface area contributed by atoms with Crippen LogP contribution >= 0.6 is 11.6 Å². The largest absolute Gasteiger partial charge is 0.466 e. The van der Waals surface area contributed by atoms with Gasteiger partial charge in [-0.25, -0.2) is 0 Å². The summed E-state index contributed by atoms with van der Waals surface area (Å²) < 4.78 is 5.09. The first-order chi connectivity index (χ1) is 12.0. The summed E-state index contributed by atoms with van der Waals surface area (Å²) in [6, 6.07) is 6.37. The SMILES string of the molecule is CCOC(=O)C1CCCN(C(C)C(=O)Nc2ccc(C#N)c(Cl)c2)C1. The molecule has 1 N–H and O–H groups in total. The molecule has 2 rings (SSSR count). The van der Waals surface area contributed by atoms with Gasteiger partial charge in [-0.15, -0.1) is 0 Å². The molecule has 25 heavy (non-hydrogen) atoms. The van der Waals surface area contributed by atoms with Gasteiger partial charge in [-0.05, 0) is 51.4 Å². The molecule has 1 aliphatic rings. The van der Waals surface area contributed by atoms with E-state index in [9.17, 15) is 9.59 Å². The van der Waals surface area contributed by atoms with E-state index in [1.807, 2.05) is 17.9 Å². The third kappa shape index (κ3) is 4.94. The summed E-state index contributed by atoms with van der Waals surface area (Å²) in [5.74, 6) is -0.558. The molecular weight excluding hydrogens is 342 g/mol. The molecule has 0 aromatic heterocycles. The van der Waals surface area contributed by atoms with Gasteiger partial charge in [-0.3, -0.25) is 14.5 Å². The standard InChI is InChI=1S/C18H22ClN3O3/c1-3-25-18(24)14-5-4-8-22(11-14)12(2)17(23)21-15-7-6-13(10-20)16(19)9-15/h6-7,9,12,14H,3-5,8,11H2,1-2H3,(H,21,23). The van der Waals surface area contributed by atoms with E-state index in [2.05, 4.69) is 5.32 Å². The van der Waals surface area contributed by atoms with Crippen LogP contribution in [0, 0.1) is 17.2 Å². The van der Waals surface area contributed by atoms with E-state index in [0.29, 0.717) is 29.4 Å². The molecule has 0 saturated carbocycles. The Balaban J connectivity index is 1.98. The maximum absolute atomic E-state index is 12.5. The van der Waals surface area contributed by atoms with Crippen molar-refractivity contribution < 1.29 is 14.3 Å². The number of hydrogen-bond acceptors (Lipinski definition) is 5. The second-order valence-corrected chi connectivity index (χ2v) is 6.46. The lowest BCUT2D eigenvalue weighted by atomic mass is 9.97. The first-order valence-electron chi connectivity index (χ1n) is 8.37. The van der Waals surface area contributed by atoms with Gasteiger partial charge in [0, 0.05) is 12.2 Å². The number of rotatable bonds is 5. The number of hydrogen-bond donors (Lipinski definition) is 1. The first-order valence-corrected chi connectivity index (χ1v) is 8.75. The molecule has 1 saturated heterocycles. The van der Waals surface area contributed by atoms with Gasteiger partial charge < -0.3 is 10.1 Å². The van der Waals surface area contributed by atoms with Crippen molar-refractivity contribution in [1.29, 1.82) is 5.26 Å². The second-order valence-electron chi connectivity index (χ2n) is 6.06. The number of benzene rings is 1. The van der Waals surface area contributed by atoms with Crippen LogP contribution < -0.4 is 5.32 Å². The molecule has 1 heterocycles. The number of nitriles is 1. The zero-order chi connectivity index (χ0) is 18.4. The highest BCUT2D eigenvalue weighted by atomic mass is 35.5. The fourth-order valence-corrected chi connectivity index (χ4v) is 3.13. The Kier molecular flexibility index (Phi) is 6.80. The van der Waals surface area contributed by atoms with E-state index in [4.69, 9.17) is 21.6 Å². The van der Waals surface area contributed by atoms with Crippen LogP contribution in [-0.4, -0.2) is 42.5 Å². The number of ether oxygens (including phenoxy) is 1. The molecule has 1 aliphatic heterocycles. The highest BCUT2D eigenvalue weighted by Crippen LogP contribution is 2.22. The molecule has 0 aliphatic carbocycles. The quantitative estimate of drug-likeness (QED) is 0.813. The van der Waals surface area contributed by atoms with Gasteiger partial charge in [0.15, 0.2) is 0 Å². The Labute approximate surface area is 152 Å². The minimum absolute atomic E-state index is 0.176. The minimum Gasteiger partial charge on any atom is -0.466 e. The van der Waals surface area contributed by atoms with Gasteiger partial charge in [0.1, 0.15) is 6.07 Å². The van der Waals surface area contributed by atoms with Crippen molar-refractivity contribution >= 4 is 29.2 Å². The molecule has 1 amide bonds. The second kappa shape index (κ2) is 8.84. The summed E-state index contributed by atoms with van der Waals surface area (Å²) in [7, 11) is 0. The highest BCUT2D eigenvalue weighted by molar-refractivity contribution is 6.32. The van der Waals surface area contributed by atoms with Crippen molar-refractivity contribution in [1.82, 2.24) is 4.90 Å².